The smallest absolute Gasteiger partial charge is 0.0703 e. The van der Waals surface area contributed by atoms with Crippen molar-refractivity contribution < 1.29 is 0 Å². The molecule has 1 aliphatic rings. The molecule has 1 saturated carbocycles. The molecule has 0 spiro atoms. The van der Waals surface area contributed by atoms with E-state index in [2.05, 4.69) is 39.1 Å². The van der Waals surface area contributed by atoms with Crippen molar-refractivity contribution in [2.24, 2.45) is 16.7 Å². The lowest BCUT2D eigenvalue weighted by atomic mass is 9.70. The quantitative estimate of drug-likeness (QED) is 0.754. The van der Waals surface area contributed by atoms with Crippen LogP contribution in [0, 0.1) is 28.1 Å². The number of nitrogens with zero attached hydrogens (tertiary/aromatic N) is 1. The van der Waals surface area contributed by atoms with Crippen molar-refractivity contribution >= 4 is 0 Å². The van der Waals surface area contributed by atoms with Crippen LogP contribution in [0.1, 0.15) is 47.0 Å². The van der Waals surface area contributed by atoms with Crippen LogP contribution in [0.25, 0.3) is 0 Å². The van der Waals surface area contributed by atoms with E-state index >= 15 is 0 Å². The molecule has 0 bridgehead atoms. The van der Waals surface area contributed by atoms with E-state index in [4.69, 9.17) is 5.26 Å². The van der Waals surface area contributed by atoms with E-state index < -0.39 is 0 Å². The summed E-state index contributed by atoms with van der Waals surface area (Å²) in [6.45, 7) is 11.0. The first kappa shape index (κ1) is 12.5. The SMILES string of the molecule is CC(C)C(C)(C)CNCC1(C#N)CCC1. The molecule has 1 N–H and O–H groups in total. The Morgan fingerprint density at radius 3 is 2.33 bits per heavy atom. The Kier molecular flexibility index (Phi) is 3.78. The molecule has 0 amide bonds. The lowest BCUT2D eigenvalue weighted by molar-refractivity contribution is 0.179. The highest BCUT2D eigenvalue weighted by molar-refractivity contribution is 5.06. The zero-order chi connectivity index (χ0) is 11.5. The summed E-state index contributed by atoms with van der Waals surface area (Å²) in [4.78, 5) is 0. The van der Waals surface area contributed by atoms with Crippen molar-refractivity contribution in [3.8, 4) is 6.07 Å². The first-order chi connectivity index (χ1) is 6.92. The van der Waals surface area contributed by atoms with Crippen LogP contribution < -0.4 is 5.32 Å². The van der Waals surface area contributed by atoms with Crippen molar-refractivity contribution in [3.05, 3.63) is 0 Å². The Hall–Kier alpha value is -0.550. The van der Waals surface area contributed by atoms with Gasteiger partial charge in [-0.05, 0) is 24.2 Å². The van der Waals surface area contributed by atoms with Crippen LogP contribution in [0.15, 0.2) is 0 Å². The van der Waals surface area contributed by atoms with E-state index in [0.29, 0.717) is 11.3 Å². The van der Waals surface area contributed by atoms with E-state index in [9.17, 15) is 0 Å². The summed E-state index contributed by atoms with van der Waals surface area (Å²) in [5.74, 6) is 0.671. The molecule has 2 nitrogen and oxygen atoms in total. The summed E-state index contributed by atoms with van der Waals surface area (Å²) in [5, 5.41) is 12.6. The fourth-order valence-electron chi connectivity index (χ4n) is 1.76. The predicted molar refractivity (Wildman–Crippen MR) is 63.4 cm³/mol. The van der Waals surface area contributed by atoms with Gasteiger partial charge in [0.15, 0.2) is 0 Å². The zero-order valence-corrected chi connectivity index (χ0v) is 10.6. The molecule has 86 valence electrons. The second-order valence-corrected chi connectivity index (χ2v) is 5.99. The summed E-state index contributed by atoms with van der Waals surface area (Å²) >= 11 is 0. The minimum atomic E-state index is -0.0347. The molecule has 15 heavy (non-hydrogen) atoms. The van der Waals surface area contributed by atoms with Gasteiger partial charge in [-0.25, -0.2) is 0 Å². The normalized spacial score (nSPS) is 19.7. The van der Waals surface area contributed by atoms with E-state index in [1.54, 1.807) is 0 Å². The second kappa shape index (κ2) is 4.53. The number of nitriles is 1. The Morgan fingerprint density at radius 2 is 2.00 bits per heavy atom. The Morgan fingerprint density at radius 1 is 1.40 bits per heavy atom. The van der Waals surface area contributed by atoms with Gasteiger partial charge in [-0.2, -0.15) is 5.26 Å². The maximum Gasteiger partial charge on any atom is 0.0703 e. The molecule has 0 radical (unpaired) electrons. The van der Waals surface area contributed by atoms with E-state index in [1.807, 2.05) is 0 Å². The van der Waals surface area contributed by atoms with Crippen LogP contribution in [-0.4, -0.2) is 13.1 Å². The number of nitrogens with one attached hydrogen (secondary N) is 1. The monoisotopic (exact) mass is 208 g/mol. The number of rotatable bonds is 5. The third-order valence-corrected chi connectivity index (χ3v) is 4.15. The maximum atomic E-state index is 9.09. The van der Waals surface area contributed by atoms with Crippen LogP contribution in [0.2, 0.25) is 0 Å². The largest absolute Gasteiger partial charge is 0.315 e. The lowest BCUT2D eigenvalue weighted by Crippen LogP contribution is -2.43. The second-order valence-electron chi connectivity index (χ2n) is 5.99. The molecule has 0 aromatic heterocycles. The van der Waals surface area contributed by atoms with Gasteiger partial charge in [-0.1, -0.05) is 34.1 Å². The minimum Gasteiger partial charge on any atom is -0.315 e. The van der Waals surface area contributed by atoms with Crippen molar-refractivity contribution in [3.63, 3.8) is 0 Å². The summed E-state index contributed by atoms with van der Waals surface area (Å²) in [6.07, 6.45) is 3.39. The highest BCUT2D eigenvalue weighted by Crippen LogP contribution is 2.39. The molecule has 0 aromatic rings. The van der Waals surface area contributed by atoms with Gasteiger partial charge in [0.1, 0.15) is 0 Å². The van der Waals surface area contributed by atoms with Crippen LogP contribution in [0.4, 0.5) is 0 Å². The van der Waals surface area contributed by atoms with E-state index in [0.717, 1.165) is 25.9 Å². The van der Waals surface area contributed by atoms with Crippen molar-refractivity contribution in [2.75, 3.05) is 13.1 Å². The molecule has 0 heterocycles. The Balaban J connectivity index is 2.30. The summed E-state index contributed by atoms with van der Waals surface area (Å²) < 4.78 is 0. The van der Waals surface area contributed by atoms with Gasteiger partial charge in [0.2, 0.25) is 0 Å². The fourth-order valence-corrected chi connectivity index (χ4v) is 1.76. The molecule has 0 saturated heterocycles. The standard InChI is InChI=1S/C13H24N2/c1-11(2)12(3,4)9-15-10-13(8-14)6-5-7-13/h11,15H,5-7,9-10H2,1-4H3. The first-order valence-corrected chi connectivity index (χ1v) is 6.04. The molecule has 1 fully saturated rings. The molecule has 1 aliphatic carbocycles. The minimum absolute atomic E-state index is 0.0347. The van der Waals surface area contributed by atoms with Gasteiger partial charge >= 0.3 is 0 Å². The van der Waals surface area contributed by atoms with Gasteiger partial charge < -0.3 is 5.32 Å². The number of hydrogen-bond acceptors (Lipinski definition) is 2. The lowest BCUT2D eigenvalue weighted by Gasteiger charge is -2.37. The van der Waals surface area contributed by atoms with Crippen LogP contribution in [0.5, 0.6) is 0 Å². The maximum absolute atomic E-state index is 9.09. The highest BCUT2D eigenvalue weighted by Gasteiger charge is 2.37. The van der Waals surface area contributed by atoms with Crippen molar-refractivity contribution in [1.82, 2.24) is 5.32 Å². The summed E-state index contributed by atoms with van der Waals surface area (Å²) in [5.41, 5.74) is 0.285. The summed E-state index contributed by atoms with van der Waals surface area (Å²) in [7, 11) is 0. The predicted octanol–water partition coefficient (Wildman–Crippen LogP) is 2.95. The molecule has 0 atom stereocenters. The highest BCUT2D eigenvalue weighted by atomic mass is 14.9. The molecule has 2 heteroatoms. The molecular weight excluding hydrogens is 184 g/mol. The van der Waals surface area contributed by atoms with Crippen LogP contribution in [-0.2, 0) is 0 Å². The van der Waals surface area contributed by atoms with Crippen molar-refractivity contribution in [2.45, 2.75) is 47.0 Å². The Labute approximate surface area is 94.1 Å². The molecular formula is C13H24N2. The topological polar surface area (TPSA) is 35.8 Å². The average Bonchev–Trinajstić information content (AvgIpc) is 2.09. The molecule has 0 aromatic carbocycles. The van der Waals surface area contributed by atoms with Gasteiger partial charge in [0, 0.05) is 13.1 Å². The molecule has 0 unspecified atom stereocenters. The average molecular weight is 208 g/mol. The van der Waals surface area contributed by atoms with E-state index in [-0.39, 0.29) is 5.41 Å². The first-order valence-electron chi connectivity index (χ1n) is 6.04. The van der Waals surface area contributed by atoms with Gasteiger partial charge in [-0.3, -0.25) is 0 Å². The third kappa shape index (κ3) is 2.95. The molecule has 1 rings (SSSR count). The van der Waals surface area contributed by atoms with E-state index in [1.165, 1.54) is 6.42 Å². The Bertz CT molecular complexity index is 244. The van der Waals surface area contributed by atoms with Crippen molar-refractivity contribution in [1.29, 1.82) is 5.26 Å². The fraction of sp³-hybridized carbons (Fsp3) is 0.923. The van der Waals surface area contributed by atoms with Crippen LogP contribution >= 0.6 is 0 Å². The van der Waals surface area contributed by atoms with Gasteiger partial charge in [-0.15, -0.1) is 0 Å². The van der Waals surface area contributed by atoms with Gasteiger partial charge in [0.05, 0.1) is 11.5 Å². The van der Waals surface area contributed by atoms with Crippen LogP contribution in [0.3, 0.4) is 0 Å². The zero-order valence-electron chi connectivity index (χ0n) is 10.6. The third-order valence-electron chi connectivity index (χ3n) is 4.15. The molecule has 0 aliphatic heterocycles. The number of hydrogen-bond donors (Lipinski definition) is 1. The van der Waals surface area contributed by atoms with Gasteiger partial charge in [0.25, 0.3) is 0 Å². The summed E-state index contributed by atoms with van der Waals surface area (Å²) in [6, 6.07) is 2.47.